The fraction of sp³-hybridized carbons (Fsp3) is 0.0769. The Labute approximate surface area is 143 Å². The molecule has 0 aliphatic rings. The molecule has 0 heterocycles. The number of alkyl halides is 3. The van der Waals surface area contributed by atoms with E-state index in [0.29, 0.717) is 12.1 Å². The van der Waals surface area contributed by atoms with Crippen LogP contribution in [0.25, 0.3) is 0 Å². The lowest BCUT2D eigenvalue weighted by Crippen LogP contribution is -2.16. The summed E-state index contributed by atoms with van der Waals surface area (Å²) in [7, 11) is -4.61. The van der Waals surface area contributed by atoms with Crippen molar-refractivity contribution in [3.05, 3.63) is 57.1 Å². The zero-order valence-corrected chi connectivity index (χ0v) is 13.4. The highest BCUT2D eigenvalue weighted by Crippen LogP contribution is 2.36. The summed E-state index contributed by atoms with van der Waals surface area (Å²) in [5.41, 5.74) is -2.61. The van der Waals surface area contributed by atoms with Crippen molar-refractivity contribution in [2.24, 2.45) is 0 Å². The summed E-state index contributed by atoms with van der Waals surface area (Å²) in [6.07, 6.45) is -4.89. The minimum Gasteiger partial charge on any atom is -0.871 e. The second-order valence-electron chi connectivity index (χ2n) is 4.68. The number of benzene rings is 2. The van der Waals surface area contributed by atoms with Gasteiger partial charge < -0.3 is 5.11 Å². The molecule has 2 aromatic rings. The summed E-state index contributed by atoms with van der Waals surface area (Å²) in [5, 5.41) is 21.6. The maximum Gasteiger partial charge on any atom is 0.417 e. The van der Waals surface area contributed by atoms with Crippen LogP contribution in [0, 0.1) is 10.1 Å². The number of hydrogen-bond acceptors (Lipinski definition) is 5. The Hall–Kier alpha value is -2.53. The molecule has 0 aliphatic carbocycles. The Morgan fingerprint density at radius 3 is 2.32 bits per heavy atom. The lowest BCUT2D eigenvalue weighted by molar-refractivity contribution is -0.385. The summed E-state index contributed by atoms with van der Waals surface area (Å²) in [4.78, 5) is 9.01. The van der Waals surface area contributed by atoms with Crippen molar-refractivity contribution < 1.29 is 31.6 Å². The van der Waals surface area contributed by atoms with E-state index in [1.807, 2.05) is 0 Å². The minimum atomic E-state index is -4.89. The Bertz CT molecular complexity index is 947. The van der Waals surface area contributed by atoms with Gasteiger partial charge in [0, 0.05) is 17.8 Å². The number of anilines is 1. The van der Waals surface area contributed by atoms with Gasteiger partial charge in [0.25, 0.3) is 15.7 Å². The molecule has 25 heavy (non-hydrogen) atoms. The molecule has 0 spiro atoms. The van der Waals surface area contributed by atoms with Gasteiger partial charge in [0.05, 0.1) is 20.4 Å². The van der Waals surface area contributed by atoms with Crippen molar-refractivity contribution in [1.29, 1.82) is 0 Å². The van der Waals surface area contributed by atoms with Crippen LogP contribution in [0.2, 0.25) is 5.02 Å². The molecule has 12 heteroatoms. The molecule has 0 fully saturated rings. The van der Waals surface area contributed by atoms with E-state index in [-0.39, 0.29) is 0 Å². The SMILES string of the molecule is O=[N+]([O-])c1ccc([O-])c(NS(=O)(=O)c2ccc(Cl)c(C(F)(F)F)c2)c1. The zero-order valence-electron chi connectivity index (χ0n) is 11.9. The minimum absolute atomic E-state index is 0.298. The molecule has 134 valence electrons. The quantitative estimate of drug-likeness (QED) is 0.631. The molecule has 2 aromatic carbocycles. The van der Waals surface area contributed by atoms with Crippen LogP contribution in [0.15, 0.2) is 41.3 Å². The molecule has 0 unspecified atom stereocenters. The third-order valence-electron chi connectivity index (χ3n) is 2.97. The van der Waals surface area contributed by atoms with Crippen LogP contribution >= 0.6 is 11.6 Å². The van der Waals surface area contributed by atoms with Gasteiger partial charge in [-0.15, -0.1) is 0 Å². The first kappa shape index (κ1) is 18.8. The normalized spacial score (nSPS) is 12.0. The number of hydrogen-bond donors (Lipinski definition) is 1. The van der Waals surface area contributed by atoms with Crippen molar-refractivity contribution >= 4 is 33.0 Å². The largest absolute Gasteiger partial charge is 0.871 e. The topological polar surface area (TPSA) is 112 Å². The van der Waals surface area contributed by atoms with E-state index < -0.39 is 53.7 Å². The molecule has 0 bridgehead atoms. The van der Waals surface area contributed by atoms with Crippen molar-refractivity contribution in [2.45, 2.75) is 11.1 Å². The number of nitro benzene ring substituents is 1. The van der Waals surface area contributed by atoms with Gasteiger partial charge in [-0.3, -0.25) is 14.8 Å². The highest BCUT2D eigenvalue weighted by Gasteiger charge is 2.34. The van der Waals surface area contributed by atoms with Crippen LogP contribution in [-0.2, 0) is 16.2 Å². The smallest absolute Gasteiger partial charge is 0.417 e. The van der Waals surface area contributed by atoms with E-state index >= 15 is 0 Å². The van der Waals surface area contributed by atoms with Gasteiger partial charge in [-0.2, -0.15) is 13.2 Å². The number of rotatable bonds is 4. The van der Waals surface area contributed by atoms with Gasteiger partial charge in [0.15, 0.2) is 0 Å². The first-order valence-corrected chi connectivity index (χ1v) is 8.13. The van der Waals surface area contributed by atoms with Crippen molar-refractivity contribution in [2.75, 3.05) is 4.72 Å². The highest BCUT2D eigenvalue weighted by molar-refractivity contribution is 7.92. The van der Waals surface area contributed by atoms with Gasteiger partial charge in [-0.05, 0) is 18.2 Å². The number of nitrogens with one attached hydrogen (secondary N) is 1. The van der Waals surface area contributed by atoms with Crippen molar-refractivity contribution in [1.82, 2.24) is 0 Å². The van der Waals surface area contributed by atoms with Crippen LogP contribution in [0.1, 0.15) is 5.56 Å². The maximum atomic E-state index is 12.8. The summed E-state index contributed by atoms with van der Waals surface area (Å²) < 4.78 is 64.6. The Morgan fingerprint density at radius 2 is 1.76 bits per heavy atom. The fourth-order valence-corrected chi connectivity index (χ4v) is 3.12. The molecule has 0 saturated heterocycles. The molecule has 1 N–H and O–H groups in total. The molecule has 0 aromatic heterocycles. The highest BCUT2D eigenvalue weighted by atomic mass is 35.5. The second kappa shape index (κ2) is 6.41. The summed E-state index contributed by atoms with van der Waals surface area (Å²) >= 11 is 5.41. The molecule has 0 radical (unpaired) electrons. The third kappa shape index (κ3) is 4.12. The van der Waals surface area contributed by atoms with Gasteiger partial charge in [-0.1, -0.05) is 23.4 Å². The molecular formula is C13H7ClF3N2O5S-. The number of nitrogens with zero attached hydrogens (tertiary/aromatic N) is 1. The van der Waals surface area contributed by atoms with Crippen LogP contribution < -0.4 is 9.83 Å². The molecule has 0 atom stereocenters. The second-order valence-corrected chi connectivity index (χ2v) is 6.77. The molecule has 2 rings (SSSR count). The molecule has 7 nitrogen and oxygen atoms in total. The first-order valence-electron chi connectivity index (χ1n) is 6.27. The predicted octanol–water partition coefficient (Wildman–Crippen LogP) is 3.14. The third-order valence-corrected chi connectivity index (χ3v) is 4.66. The Morgan fingerprint density at radius 1 is 1.12 bits per heavy atom. The van der Waals surface area contributed by atoms with Gasteiger partial charge >= 0.3 is 6.18 Å². The monoisotopic (exact) mass is 395 g/mol. The number of halogens is 4. The maximum absolute atomic E-state index is 12.8. The predicted molar refractivity (Wildman–Crippen MR) is 79.8 cm³/mol. The fourth-order valence-electron chi connectivity index (χ4n) is 1.80. The van der Waals surface area contributed by atoms with Crippen LogP contribution in [0.3, 0.4) is 0 Å². The number of non-ortho nitro benzene ring substituents is 1. The summed E-state index contributed by atoms with van der Waals surface area (Å²) in [5.74, 6) is -0.890. The van der Waals surface area contributed by atoms with Crippen LogP contribution in [0.4, 0.5) is 24.5 Å². The van der Waals surface area contributed by atoms with Gasteiger partial charge in [0.1, 0.15) is 0 Å². The summed E-state index contributed by atoms with van der Waals surface area (Å²) in [6.45, 7) is 0. The van der Waals surface area contributed by atoms with E-state index in [9.17, 15) is 36.8 Å². The standard InChI is InChI=1S/C13H8ClF3N2O5S/c14-10-3-2-8(6-9(10)13(15,16)17)25(23,24)18-11-5-7(19(21)22)1-4-12(11)20/h1-6,18,20H/p-1. The molecule has 0 saturated carbocycles. The van der Waals surface area contributed by atoms with Crippen LogP contribution in [-0.4, -0.2) is 13.3 Å². The summed E-state index contributed by atoms with van der Waals surface area (Å²) in [6, 6.07) is 4.14. The van der Waals surface area contributed by atoms with E-state index in [2.05, 4.69) is 0 Å². The lowest BCUT2D eigenvalue weighted by atomic mass is 10.2. The lowest BCUT2D eigenvalue weighted by Gasteiger charge is -2.16. The molecule has 0 amide bonds. The van der Waals surface area contributed by atoms with E-state index in [4.69, 9.17) is 11.6 Å². The van der Waals surface area contributed by atoms with E-state index in [0.717, 1.165) is 24.3 Å². The zero-order chi connectivity index (χ0) is 19.0. The van der Waals surface area contributed by atoms with Crippen molar-refractivity contribution in [3.63, 3.8) is 0 Å². The van der Waals surface area contributed by atoms with Gasteiger partial charge in [-0.25, -0.2) is 8.42 Å². The molecular weight excluding hydrogens is 389 g/mol. The number of nitro groups is 1. The molecule has 0 aliphatic heterocycles. The Balaban J connectivity index is 2.47. The first-order chi connectivity index (χ1) is 11.4. The van der Waals surface area contributed by atoms with Gasteiger partial charge in [0.2, 0.25) is 0 Å². The average molecular weight is 396 g/mol. The van der Waals surface area contributed by atoms with E-state index in [1.165, 1.54) is 0 Å². The Kier molecular flexibility index (Phi) is 4.82. The average Bonchev–Trinajstić information content (AvgIpc) is 2.48. The van der Waals surface area contributed by atoms with Crippen LogP contribution in [0.5, 0.6) is 5.75 Å². The van der Waals surface area contributed by atoms with E-state index in [1.54, 1.807) is 4.72 Å². The van der Waals surface area contributed by atoms with Crippen molar-refractivity contribution in [3.8, 4) is 5.75 Å². The number of sulfonamides is 1.